The van der Waals surface area contributed by atoms with Crippen LogP contribution >= 0.6 is 23.4 Å². The molecule has 0 radical (unpaired) electrons. The molecule has 1 fully saturated rings. The highest BCUT2D eigenvalue weighted by atomic mass is 35.5. The van der Waals surface area contributed by atoms with Crippen LogP contribution in [0.3, 0.4) is 0 Å². The molecule has 2 aromatic carbocycles. The van der Waals surface area contributed by atoms with Gasteiger partial charge in [-0.3, -0.25) is 19.7 Å². The number of carbonyl (C=O) groups is 3. The van der Waals surface area contributed by atoms with Crippen LogP contribution in [0, 0.1) is 0 Å². The molecule has 0 saturated carbocycles. The van der Waals surface area contributed by atoms with E-state index in [1.165, 1.54) is 6.92 Å². The van der Waals surface area contributed by atoms with Gasteiger partial charge in [0.1, 0.15) is 12.4 Å². The summed E-state index contributed by atoms with van der Waals surface area (Å²) in [7, 11) is 0. The van der Waals surface area contributed by atoms with Gasteiger partial charge in [-0.25, -0.2) is 0 Å². The summed E-state index contributed by atoms with van der Waals surface area (Å²) in [6.07, 6.45) is -0.173. The second-order valence-corrected chi connectivity index (χ2v) is 7.74. The van der Waals surface area contributed by atoms with Crippen LogP contribution in [0.25, 0.3) is 0 Å². The van der Waals surface area contributed by atoms with Crippen LogP contribution in [0.5, 0.6) is 5.75 Å². The van der Waals surface area contributed by atoms with E-state index >= 15 is 0 Å². The molecule has 2 atom stereocenters. The highest BCUT2D eigenvalue weighted by Crippen LogP contribution is 2.27. The predicted molar refractivity (Wildman–Crippen MR) is 107 cm³/mol. The summed E-state index contributed by atoms with van der Waals surface area (Å²) >= 11 is 7.20. The Kier molecular flexibility index (Phi) is 6.59. The van der Waals surface area contributed by atoms with Crippen LogP contribution in [0.1, 0.15) is 24.2 Å². The fourth-order valence-corrected chi connectivity index (χ4v) is 3.88. The minimum Gasteiger partial charge on any atom is -0.489 e. The molecule has 1 aliphatic rings. The van der Waals surface area contributed by atoms with E-state index in [4.69, 9.17) is 21.1 Å². The Morgan fingerprint density at radius 2 is 1.89 bits per heavy atom. The van der Waals surface area contributed by atoms with Crippen molar-refractivity contribution in [1.82, 2.24) is 5.32 Å². The van der Waals surface area contributed by atoms with E-state index in [1.54, 1.807) is 30.3 Å². The lowest BCUT2D eigenvalue weighted by atomic mass is 10.1. The zero-order valence-electron chi connectivity index (χ0n) is 15.0. The van der Waals surface area contributed by atoms with Crippen LogP contribution in [-0.4, -0.2) is 29.0 Å². The van der Waals surface area contributed by atoms with Crippen molar-refractivity contribution in [3.8, 4) is 5.75 Å². The monoisotopic (exact) mass is 419 g/mol. The SMILES string of the molecule is CC(=O)OC(COc1ccc(CC2SC(=O)NC2=O)cc1)c1ccccc1Cl. The lowest BCUT2D eigenvalue weighted by molar-refractivity contribution is -0.148. The Hall–Kier alpha value is -2.51. The first-order valence-electron chi connectivity index (χ1n) is 8.57. The number of rotatable bonds is 7. The van der Waals surface area contributed by atoms with Crippen molar-refractivity contribution in [1.29, 1.82) is 0 Å². The first-order chi connectivity index (χ1) is 13.4. The Balaban J connectivity index is 1.62. The van der Waals surface area contributed by atoms with Crippen LogP contribution in [0.4, 0.5) is 4.79 Å². The standard InChI is InChI=1S/C20H18ClNO5S/c1-12(23)27-17(15-4-2-3-5-16(15)21)11-26-14-8-6-13(7-9-14)10-18-19(24)22-20(25)28-18/h2-9,17-18H,10-11H2,1H3,(H,22,24,25). The Morgan fingerprint density at radius 1 is 1.18 bits per heavy atom. The maximum Gasteiger partial charge on any atom is 0.303 e. The highest BCUT2D eigenvalue weighted by Gasteiger charge is 2.31. The van der Waals surface area contributed by atoms with Crippen molar-refractivity contribution in [2.24, 2.45) is 0 Å². The smallest absolute Gasteiger partial charge is 0.303 e. The van der Waals surface area contributed by atoms with Gasteiger partial charge in [-0.2, -0.15) is 0 Å². The zero-order chi connectivity index (χ0) is 20.1. The van der Waals surface area contributed by atoms with Crippen molar-refractivity contribution in [3.05, 3.63) is 64.7 Å². The Labute approximate surface area is 171 Å². The predicted octanol–water partition coefficient (Wildman–Crippen LogP) is 3.92. The molecule has 0 spiro atoms. The number of thioether (sulfide) groups is 1. The highest BCUT2D eigenvalue weighted by molar-refractivity contribution is 8.15. The molecule has 0 aromatic heterocycles. The molecule has 1 aliphatic heterocycles. The van der Waals surface area contributed by atoms with Gasteiger partial charge in [0.2, 0.25) is 5.91 Å². The maximum atomic E-state index is 11.7. The number of benzene rings is 2. The van der Waals surface area contributed by atoms with Gasteiger partial charge in [0.15, 0.2) is 6.10 Å². The van der Waals surface area contributed by atoms with Crippen molar-refractivity contribution < 1.29 is 23.9 Å². The lowest BCUT2D eigenvalue weighted by Gasteiger charge is -2.19. The van der Waals surface area contributed by atoms with Crippen molar-refractivity contribution in [3.63, 3.8) is 0 Å². The molecule has 0 bridgehead atoms. The van der Waals surface area contributed by atoms with Gasteiger partial charge in [0, 0.05) is 17.5 Å². The minimum atomic E-state index is -0.629. The summed E-state index contributed by atoms with van der Waals surface area (Å²) in [5.74, 6) is -0.0994. The van der Waals surface area contributed by atoms with Gasteiger partial charge in [-0.1, -0.05) is 53.7 Å². The van der Waals surface area contributed by atoms with Crippen LogP contribution in [0.2, 0.25) is 5.02 Å². The van der Waals surface area contributed by atoms with Gasteiger partial charge in [0.25, 0.3) is 5.24 Å². The minimum absolute atomic E-state index is 0.109. The summed E-state index contributed by atoms with van der Waals surface area (Å²) in [5, 5.41) is 2.05. The molecule has 1 saturated heterocycles. The second-order valence-electron chi connectivity index (χ2n) is 6.16. The quantitative estimate of drug-likeness (QED) is 0.685. The van der Waals surface area contributed by atoms with Crippen LogP contribution in [0.15, 0.2) is 48.5 Å². The van der Waals surface area contributed by atoms with Gasteiger partial charge < -0.3 is 9.47 Å². The van der Waals surface area contributed by atoms with E-state index in [0.29, 0.717) is 22.8 Å². The number of esters is 1. The first-order valence-corrected chi connectivity index (χ1v) is 9.83. The second kappa shape index (κ2) is 9.12. The normalized spacial score (nSPS) is 17.1. The maximum absolute atomic E-state index is 11.7. The molecule has 2 unspecified atom stereocenters. The summed E-state index contributed by atoms with van der Waals surface area (Å²) < 4.78 is 11.1. The third kappa shape index (κ3) is 5.27. The number of hydrogen-bond acceptors (Lipinski definition) is 6. The molecular formula is C20H18ClNO5S. The molecule has 2 aromatic rings. The molecule has 2 amide bonds. The first kappa shape index (κ1) is 20.2. The number of ether oxygens (including phenoxy) is 2. The lowest BCUT2D eigenvalue weighted by Crippen LogP contribution is -2.25. The van der Waals surface area contributed by atoms with Crippen LogP contribution in [-0.2, 0) is 20.7 Å². The van der Waals surface area contributed by atoms with Crippen LogP contribution < -0.4 is 10.1 Å². The van der Waals surface area contributed by atoms with E-state index in [1.807, 2.05) is 18.2 Å². The Bertz CT molecular complexity index is 886. The fraction of sp³-hybridized carbons (Fsp3) is 0.250. The zero-order valence-corrected chi connectivity index (χ0v) is 16.6. The van der Waals surface area contributed by atoms with Crippen molar-refractivity contribution >= 4 is 40.5 Å². The summed E-state index contributed by atoms with van der Waals surface area (Å²) in [6, 6.07) is 14.3. The number of nitrogens with one attached hydrogen (secondary N) is 1. The largest absolute Gasteiger partial charge is 0.489 e. The number of amides is 2. The molecule has 1 heterocycles. The summed E-state index contributed by atoms with van der Waals surface area (Å²) in [5.41, 5.74) is 1.59. The molecule has 6 nitrogen and oxygen atoms in total. The summed E-state index contributed by atoms with van der Waals surface area (Å²) in [4.78, 5) is 34.3. The van der Waals surface area contributed by atoms with Gasteiger partial charge in [-0.15, -0.1) is 0 Å². The molecule has 3 rings (SSSR count). The van der Waals surface area contributed by atoms with E-state index in [9.17, 15) is 14.4 Å². The van der Waals surface area contributed by atoms with Gasteiger partial charge >= 0.3 is 5.97 Å². The number of imide groups is 1. The third-order valence-corrected chi connectivity index (χ3v) is 5.40. The van der Waals surface area contributed by atoms with E-state index in [-0.39, 0.29) is 17.8 Å². The summed E-state index contributed by atoms with van der Waals surface area (Å²) in [6.45, 7) is 1.44. The van der Waals surface area contributed by atoms with E-state index < -0.39 is 17.3 Å². The molecule has 1 N–H and O–H groups in total. The molecule has 28 heavy (non-hydrogen) atoms. The van der Waals surface area contributed by atoms with Crippen molar-refractivity contribution in [2.45, 2.75) is 24.7 Å². The molecule has 0 aliphatic carbocycles. The number of halogens is 1. The van der Waals surface area contributed by atoms with Gasteiger partial charge in [0.05, 0.1) is 5.25 Å². The number of hydrogen-bond donors (Lipinski definition) is 1. The number of carbonyl (C=O) groups excluding carboxylic acids is 3. The van der Waals surface area contributed by atoms with E-state index in [2.05, 4.69) is 5.32 Å². The third-order valence-electron chi connectivity index (χ3n) is 4.07. The van der Waals surface area contributed by atoms with Gasteiger partial charge in [-0.05, 0) is 30.2 Å². The average molecular weight is 420 g/mol. The molecule has 8 heteroatoms. The van der Waals surface area contributed by atoms with Crippen molar-refractivity contribution in [2.75, 3.05) is 6.61 Å². The van der Waals surface area contributed by atoms with E-state index in [0.717, 1.165) is 17.3 Å². The molecule has 146 valence electrons. The average Bonchev–Trinajstić information content (AvgIpc) is 2.97. The topological polar surface area (TPSA) is 81.7 Å². The molecular weight excluding hydrogens is 402 g/mol. The Morgan fingerprint density at radius 3 is 2.50 bits per heavy atom. The fourth-order valence-electron chi connectivity index (χ4n) is 2.76.